The second kappa shape index (κ2) is 7.02. The summed E-state index contributed by atoms with van der Waals surface area (Å²) in [7, 11) is 1.51. The molecule has 0 saturated carbocycles. The van der Waals surface area contributed by atoms with Gasteiger partial charge in [-0.15, -0.1) is 0 Å². The molecule has 3 aromatic rings. The van der Waals surface area contributed by atoms with Crippen molar-refractivity contribution in [3.8, 4) is 17.1 Å². The number of rotatable bonds is 5. The average Bonchev–Trinajstić information content (AvgIpc) is 3.31. The van der Waals surface area contributed by atoms with Crippen molar-refractivity contribution < 1.29 is 19.2 Å². The molecule has 1 unspecified atom stereocenters. The first-order valence-corrected chi connectivity index (χ1v) is 9.30. The van der Waals surface area contributed by atoms with Crippen molar-refractivity contribution in [2.75, 3.05) is 18.6 Å². The third-order valence-corrected chi connectivity index (χ3v) is 5.23. The highest BCUT2D eigenvalue weighted by Gasteiger charge is 2.53. The molecule has 8 heteroatoms. The van der Waals surface area contributed by atoms with Crippen LogP contribution in [0.4, 0.5) is 5.69 Å². The zero-order chi connectivity index (χ0) is 20.8. The van der Waals surface area contributed by atoms with Gasteiger partial charge in [0.25, 0.3) is 11.8 Å². The van der Waals surface area contributed by atoms with Crippen LogP contribution in [0.2, 0.25) is 5.02 Å². The monoisotopic (exact) mass is 411 g/mol. The number of carbonyl (C=O) groups excluding carboxylic acids is 1. The third-order valence-electron chi connectivity index (χ3n) is 4.98. The molecule has 4 rings (SSSR count). The maximum Gasteiger partial charge on any atom is 0.268 e. The van der Waals surface area contributed by atoms with Crippen LogP contribution in [-0.2, 0) is 10.4 Å². The molecule has 1 atom stereocenters. The van der Waals surface area contributed by atoms with Crippen LogP contribution >= 0.6 is 11.6 Å². The number of amides is 1. The lowest BCUT2D eigenvalue weighted by Gasteiger charge is -2.23. The molecular formula is C21H18ClN3O4. The van der Waals surface area contributed by atoms with Crippen molar-refractivity contribution >= 4 is 28.8 Å². The average molecular weight is 412 g/mol. The van der Waals surface area contributed by atoms with E-state index in [4.69, 9.17) is 20.9 Å². The van der Waals surface area contributed by atoms with Crippen molar-refractivity contribution in [1.29, 1.82) is 0 Å². The number of nitrogens with zero attached hydrogens (tertiary/aromatic N) is 3. The van der Waals surface area contributed by atoms with Crippen molar-refractivity contribution in [1.82, 2.24) is 10.1 Å². The summed E-state index contributed by atoms with van der Waals surface area (Å²) in [6.45, 7) is 6.13. The Labute approximate surface area is 172 Å². The van der Waals surface area contributed by atoms with Gasteiger partial charge in [-0.05, 0) is 49.4 Å². The van der Waals surface area contributed by atoms with Crippen molar-refractivity contribution in [3.05, 3.63) is 65.5 Å². The van der Waals surface area contributed by atoms with Gasteiger partial charge in [-0.3, -0.25) is 4.79 Å². The molecule has 0 bridgehead atoms. The lowest BCUT2D eigenvalue weighted by Crippen LogP contribution is -2.41. The van der Waals surface area contributed by atoms with E-state index in [-0.39, 0.29) is 11.5 Å². The molecule has 0 fully saturated rings. The molecule has 29 heavy (non-hydrogen) atoms. The van der Waals surface area contributed by atoms with Crippen LogP contribution in [0.25, 0.3) is 17.0 Å². The topological polar surface area (TPSA) is 88.7 Å². The Morgan fingerprint density at radius 3 is 2.69 bits per heavy atom. The van der Waals surface area contributed by atoms with E-state index in [0.29, 0.717) is 40.0 Å². The molecule has 1 amide bonds. The van der Waals surface area contributed by atoms with E-state index in [1.807, 2.05) is 6.92 Å². The second-order valence-corrected chi connectivity index (χ2v) is 6.99. The van der Waals surface area contributed by atoms with E-state index in [1.165, 1.54) is 12.0 Å². The first-order valence-electron chi connectivity index (χ1n) is 8.92. The van der Waals surface area contributed by atoms with E-state index in [0.717, 1.165) is 0 Å². The molecular weight excluding hydrogens is 394 g/mol. The number of hydrogen-bond donors (Lipinski definition) is 1. The van der Waals surface area contributed by atoms with Crippen molar-refractivity contribution in [2.24, 2.45) is 0 Å². The minimum atomic E-state index is -2.04. The van der Waals surface area contributed by atoms with Gasteiger partial charge >= 0.3 is 0 Å². The van der Waals surface area contributed by atoms with E-state index < -0.39 is 11.5 Å². The predicted octanol–water partition coefficient (Wildman–Crippen LogP) is 3.67. The molecule has 148 valence electrons. The van der Waals surface area contributed by atoms with Gasteiger partial charge in [0.2, 0.25) is 11.4 Å². The highest BCUT2D eigenvalue weighted by molar-refractivity contribution is 6.30. The highest BCUT2D eigenvalue weighted by atomic mass is 35.5. The van der Waals surface area contributed by atoms with Gasteiger partial charge in [0.1, 0.15) is 5.75 Å². The standard InChI is InChI=1S/C21H18ClN3O4/c1-4-25-17-10-9-15(28-3)11-16(17)21(27,20(25)26)12(2)19-23-18(24-29-19)13-5-7-14(22)8-6-13/h5-11,27H,2,4H2,1,3H3. The number of aromatic nitrogens is 2. The van der Waals surface area contributed by atoms with E-state index in [2.05, 4.69) is 16.7 Å². The van der Waals surface area contributed by atoms with Gasteiger partial charge in [0.05, 0.1) is 18.4 Å². The number of likely N-dealkylation sites (N-methyl/N-ethyl adjacent to an activating group) is 1. The molecule has 7 nitrogen and oxygen atoms in total. The van der Waals surface area contributed by atoms with Crippen LogP contribution in [0.5, 0.6) is 5.75 Å². The summed E-state index contributed by atoms with van der Waals surface area (Å²) in [5.74, 6) is 0.246. The number of fused-ring (bicyclic) bond motifs is 1. The Morgan fingerprint density at radius 2 is 2.03 bits per heavy atom. The Kier molecular flexibility index (Phi) is 4.64. The van der Waals surface area contributed by atoms with E-state index >= 15 is 0 Å². The normalized spacial score (nSPS) is 18.1. The Morgan fingerprint density at radius 1 is 1.31 bits per heavy atom. The fraction of sp³-hybridized carbons (Fsp3) is 0.190. The summed E-state index contributed by atoms with van der Waals surface area (Å²) in [6, 6.07) is 12.0. The molecule has 1 N–H and O–H groups in total. The molecule has 2 aromatic carbocycles. The number of anilines is 1. The number of benzene rings is 2. The van der Waals surface area contributed by atoms with E-state index in [1.54, 1.807) is 42.5 Å². The summed E-state index contributed by atoms with van der Waals surface area (Å²) in [5.41, 5.74) is -0.414. The van der Waals surface area contributed by atoms with Gasteiger partial charge in [-0.1, -0.05) is 23.3 Å². The minimum absolute atomic E-state index is 0.000617. The maximum atomic E-state index is 13.1. The van der Waals surface area contributed by atoms with Crippen LogP contribution in [0.15, 0.2) is 53.6 Å². The van der Waals surface area contributed by atoms with Gasteiger partial charge in [0.15, 0.2) is 0 Å². The number of aliphatic hydroxyl groups is 1. The maximum absolute atomic E-state index is 13.1. The highest BCUT2D eigenvalue weighted by Crippen LogP contribution is 2.48. The number of hydrogen-bond acceptors (Lipinski definition) is 6. The van der Waals surface area contributed by atoms with Gasteiger partial charge in [-0.2, -0.15) is 4.98 Å². The molecule has 0 aliphatic carbocycles. The second-order valence-electron chi connectivity index (χ2n) is 6.55. The van der Waals surface area contributed by atoms with Crippen LogP contribution in [0, 0.1) is 0 Å². The van der Waals surface area contributed by atoms with Gasteiger partial charge in [-0.25, -0.2) is 0 Å². The quantitative estimate of drug-likeness (QED) is 0.689. The lowest BCUT2D eigenvalue weighted by molar-refractivity contribution is -0.130. The first-order chi connectivity index (χ1) is 13.9. The van der Waals surface area contributed by atoms with E-state index in [9.17, 15) is 9.90 Å². The molecule has 2 heterocycles. The molecule has 1 aliphatic rings. The van der Waals surface area contributed by atoms with Crippen LogP contribution < -0.4 is 9.64 Å². The number of methoxy groups -OCH3 is 1. The summed E-state index contributed by atoms with van der Waals surface area (Å²) in [5, 5.41) is 16.0. The number of halogens is 1. The Balaban J connectivity index is 1.77. The minimum Gasteiger partial charge on any atom is -0.497 e. The number of carbonyl (C=O) groups is 1. The fourth-order valence-corrected chi connectivity index (χ4v) is 3.54. The van der Waals surface area contributed by atoms with Crippen LogP contribution in [0.3, 0.4) is 0 Å². The smallest absolute Gasteiger partial charge is 0.268 e. The van der Waals surface area contributed by atoms with Gasteiger partial charge in [0, 0.05) is 22.7 Å². The number of ether oxygens (including phenoxy) is 1. The van der Waals surface area contributed by atoms with Crippen LogP contribution in [-0.4, -0.2) is 34.8 Å². The fourth-order valence-electron chi connectivity index (χ4n) is 3.41. The first kappa shape index (κ1) is 19.2. The largest absolute Gasteiger partial charge is 0.497 e. The Bertz CT molecular complexity index is 1110. The molecule has 1 aliphatic heterocycles. The Hall–Kier alpha value is -3.16. The third kappa shape index (κ3) is 2.90. The summed E-state index contributed by atoms with van der Waals surface area (Å²) in [6.07, 6.45) is 0. The lowest BCUT2D eigenvalue weighted by atomic mass is 9.87. The molecule has 0 radical (unpaired) electrons. The van der Waals surface area contributed by atoms with Gasteiger partial charge < -0.3 is 19.3 Å². The van der Waals surface area contributed by atoms with Crippen molar-refractivity contribution in [3.63, 3.8) is 0 Å². The predicted molar refractivity (Wildman–Crippen MR) is 109 cm³/mol. The van der Waals surface area contributed by atoms with Crippen molar-refractivity contribution in [2.45, 2.75) is 12.5 Å². The molecule has 0 spiro atoms. The summed E-state index contributed by atoms with van der Waals surface area (Å²) < 4.78 is 10.6. The summed E-state index contributed by atoms with van der Waals surface area (Å²) >= 11 is 5.91. The van der Waals surface area contributed by atoms with Crippen LogP contribution in [0.1, 0.15) is 18.4 Å². The zero-order valence-electron chi connectivity index (χ0n) is 15.8. The zero-order valence-corrected chi connectivity index (χ0v) is 16.6. The molecule has 1 aromatic heterocycles. The summed E-state index contributed by atoms with van der Waals surface area (Å²) in [4.78, 5) is 18.9. The SMILES string of the molecule is C=C(c1nc(-c2ccc(Cl)cc2)no1)C1(O)C(=O)N(CC)c2ccc(OC)cc21. The molecule has 0 saturated heterocycles.